The lowest BCUT2D eigenvalue weighted by molar-refractivity contribution is -0.385. The van der Waals surface area contributed by atoms with Crippen LogP contribution in [0.1, 0.15) is 11.7 Å². The first-order valence-electron chi connectivity index (χ1n) is 3.74. The molecule has 0 fully saturated rings. The summed E-state index contributed by atoms with van der Waals surface area (Å²) in [6.07, 6.45) is -1.41. The molecule has 0 aliphatic heterocycles. The summed E-state index contributed by atoms with van der Waals surface area (Å²) in [4.78, 5) is 9.73. The molecule has 0 aliphatic carbocycles. The number of hydrogen-bond acceptors (Lipinski definition) is 3. The number of alkyl halides is 1. The molecule has 1 aromatic carbocycles. The Labute approximate surface area is 84.1 Å². The van der Waals surface area contributed by atoms with Crippen LogP contribution in [0.4, 0.5) is 10.1 Å². The van der Waals surface area contributed by atoms with Gasteiger partial charge in [-0.25, -0.2) is 4.39 Å². The summed E-state index contributed by atoms with van der Waals surface area (Å²) >= 11 is 5.63. The second-order valence-corrected chi connectivity index (χ2v) is 3.04. The van der Waals surface area contributed by atoms with Crippen LogP contribution < -0.4 is 0 Å². The number of rotatable bonds is 3. The first-order chi connectivity index (χ1) is 6.56. The first kappa shape index (κ1) is 10.9. The molecule has 0 aromatic heterocycles. The maximum absolute atomic E-state index is 12.1. The van der Waals surface area contributed by atoms with Crippen molar-refractivity contribution in [1.29, 1.82) is 0 Å². The van der Waals surface area contributed by atoms with Gasteiger partial charge in [0.25, 0.3) is 5.69 Å². The number of aliphatic hydroxyl groups excluding tert-OH is 1. The van der Waals surface area contributed by atoms with Crippen LogP contribution in [-0.2, 0) is 0 Å². The summed E-state index contributed by atoms with van der Waals surface area (Å²) in [5.74, 6) is 0. The SMILES string of the molecule is O=[N+]([O-])c1ccc(Cl)c(C(O)CF)c1. The molecule has 0 heterocycles. The lowest BCUT2D eigenvalue weighted by atomic mass is 10.1. The van der Waals surface area contributed by atoms with Gasteiger partial charge in [-0.3, -0.25) is 10.1 Å². The van der Waals surface area contributed by atoms with Gasteiger partial charge in [0.1, 0.15) is 12.8 Å². The number of hydrogen-bond donors (Lipinski definition) is 1. The van der Waals surface area contributed by atoms with Crippen molar-refractivity contribution in [2.45, 2.75) is 6.10 Å². The van der Waals surface area contributed by atoms with Gasteiger partial charge in [-0.1, -0.05) is 11.6 Å². The van der Waals surface area contributed by atoms with Crippen LogP contribution >= 0.6 is 11.6 Å². The Morgan fingerprint density at radius 1 is 1.64 bits per heavy atom. The van der Waals surface area contributed by atoms with E-state index in [-0.39, 0.29) is 16.3 Å². The number of halogens is 2. The molecule has 0 aliphatic rings. The van der Waals surface area contributed by atoms with Gasteiger partial charge < -0.3 is 5.11 Å². The first-order valence-corrected chi connectivity index (χ1v) is 4.12. The molecule has 0 radical (unpaired) electrons. The molecule has 76 valence electrons. The van der Waals surface area contributed by atoms with Crippen molar-refractivity contribution in [3.63, 3.8) is 0 Å². The van der Waals surface area contributed by atoms with Crippen molar-refractivity contribution in [2.75, 3.05) is 6.67 Å². The van der Waals surface area contributed by atoms with Gasteiger partial charge in [-0.15, -0.1) is 0 Å². The van der Waals surface area contributed by atoms with Gasteiger partial charge in [-0.2, -0.15) is 0 Å². The highest BCUT2D eigenvalue weighted by Crippen LogP contribution is 2.27. The van der Waals surface area contributed by atoms with E-state index in [1.165, 1.54) is 12.1 Å². The van der Waals surface area contributed by atoms with Crippen molar-refractivity contribution in [2.24, 2.45) is 0 Å². The summed E-state index contributed by atoms with van der Waals surface area (Å²) in [7, 11) is 0. The predicted molar refractivity (Wildman–Crippen MR) is 49.0 cm³/mol. The normalized spacial score (nSPS) is 12.5. The fourth-order valence-electron chi connectivity index (χ4n) is 0.983. The molecule has 1 N–H and O–H groups in total. The van der Waals surface area contributed by atoms with E-state index in [1.54, 1.807) is 0 Å². The third-order valence-electron chi connectivity index (χ3n) is 1.70. The molecule has 0 saturated carbocycles. The summed E-state index contributed by atoms with van der Waals surface area (Å²) in [5.41, 5.74) is -0.194. The van der Waals surface area contributed by atoms with Crippen molar-refractivity contribution in [3.8, 4) is 0 Å². The minimum atomic E-state index is -1.41. The number of nitro groups is 1. The molecular formula is C8H7ClFNO3. The number of nitro benzene ring substituents is 1. The fraction of sp³-hybridized carbons (Fsp3) is 0.250. The van der Waals surface area contributed by atoms with Crippen molar-refractivity contribution >= 4 is 17.3 Å². The third-order valence-corrected chi connectivity index (χ3v) is 2.04. The number of nitrogens with zero attached hydrogens (tertiary/aromatic N) is 1. The van der Waals surface area contributed by atoms with Crippen molar-refractivity contribution in [3.05, 3.63) is 38.9 Å². The third kappa shape index (κ3) is 2.18. The largest absolute Gasteiger partial charge is 0.386 e. The molecular weight excluding hydrogens is 213 g/mol. The van der Waals surface area contributed by atoms with Gasteiger partial charge in [0, 0.05) is 22.7 Å². The number of aliphatic hydroxyl groups is 1. The molecule has 4 nitrogen and oxygen atoms in total. The molecule has 0 saturated heterocycles. The highest BCUT2D eigenvalue weighted by atomic mass is 35.5. The Morgan fingerprint density at radius 3 is 2.79 bits per heavy atom. The smallest absolute Gasteiger partial charge is 0.269 e. The minimum absolute atomic E-state index is 0.0309. The highest BCUT2D eigenvalue weighted by molar-refractivity contribution is 6.31. The molecule has 1 aromatic rings. The van der Waals surface area contributed by atoms with E-state index in [2.05, 4.69) is 0 Å². The van der Waals surface area contributed by atoms with E-state index in [0.29, 0.717) is 0 Å². The van der Waals surface area contributed by atoms with Crippen LogP contribution in [0.2, 0.25) is 5.02 Å². The summed E-state index contributed by atoms with van der Waals surface area (Å²) < 4.78 is 12.1. The topological polar surface area (TPSA) is 63.4 Å². The maximum atomic E-state index is 12.1. The Hall–Kier alpha value is -1.20. The lowest BCUT2D eigenvalue weighted by Gasteiger charge is -2.07. The van der Waals surface area contributed by atoms with E-state index in [4.69, 9.17) is 16.7 Å². The molecule has 1 unspecified atom stereocenters. The van der Waals surface area contributed by atoms with E-state index in [1.807, 2.05) is 0 Å². The molecule has 0 amide bonds. The average Bonchev–Trinajstić information content (AvgIpc) is 2.17. The monoisotopic (exact) mass is 219 g/mol. The summed E-state index contributed by atoms with van der Waals surface area (Å²) in [6, 6.07) is 3.51. The molecule has 0 bridgehead atoms. The predicted octanol–water partition coefficient (Wildman–Crippen LogP) is 2.25. The zero-order valence-electron chi connectivity index (χ0n) is 6.98. The lowest BCUT2D eigenvalue weighted by Crippen LogP contribution is -2.01. The van der Waals surface area contributed by atoms with Crippen LogP contribution in [0.15, 0.2) is 18.2 Å². The zero-order valence-corrected chi connectivity index (χ0v) is 7.74. The van der Waals surface area contributed by atoms with Gasteiger partial charge in [0.2, 0.25) is 0 Å². The van der Waals surface area contributed by atoms with Crippen molar-refractivity contribution in [1.82, 2.24) is 0 Å². The molecule has 14 heavy (non-hydrogen) atoms. The van der Waals surface area contributed by atoms with Crippen LogP contribution in [0.25, 0.3) is 0 Å². The quantitative estimate of drug-likeness (QED) is 0.626. The molecule has 1 rings (SSSR count). The number of benzene rings is 1. The molecule has 6 heteroatoms. The number of non-ortho nitro benzene ring substituents is 1. The van der Waals surface area contributed by atoms with Crippen molar-refractivity contribution < 1.29 is 14.4 Å². The van der Waals surface area contributed by atoms with Crippen LogP contribution in [0, 0.1) is 10.1 Å². The van der Waals surface area contributed by atoms with Gasteiger partial charge in [0.05, 0.1) is 4.92 Å². The second kappa shape index (κ2) is 4.34. The Balaban J connectivity index is 3.14. The summed E-state index contributed by atoms with van der Waals surface area (Å²) in [5, 5.41) is 19.6. The zero-order chi connectivity index (χ0) is 10.7. The van der Waals surface area contributed by atoms with E-state index < -0.39 is 17.7 Å². The second-order valence-electron chi connectivity index (χ2n) is 2.63. The Bertz CT molecular complexity index is 358. The van der Waals surface area contributed by atoms with Gasteiger partial charge >= 0.3 is 0 Å². The maximum Gasteiger partial charge on any atom is 0.269 e. The van der Waals surface area contributed by atoms with E-state index in [0.717, 1.165) is 6.07 Å². The minimum Gasteiger partial charge on any atom is -0.386 e. The van der Waals surface area contributed by atoms with Crippen LogP contribution in [0.5, 0.6) is 0 Å². The van der Waals surface area contributed by atoms with Crippen LogP contribution in [0.3, 0.4) is 0 Å². The summed E-state index contributed by atoms with van der Waals surface area (Å²) in [6.45, 7) is -1.03. The Morgan fingerprint density at radius 2 is 2.29 bits per heavy atom. The Kier molecular flexibility index (Phi) is 3.38. The fourth-order valence-corrected chi connectivity index (χ4v) is 1.23. The standard InChI is InChI=1S/C8H7ClFNO3/c9-7-2-1-5(11(13)14)3-6(7)8(12)4-10/h1-3,8,12H,4H2. The van der Waals surface area contributed by atoms with E-state index in [9.17, 15) is 14.5 Å². The molecule has 1 atom stereocenters. The van der Waals surface area contributed by atoms with E-state index >= 15 is 0 Å². The van der Waals surface area contributed by atoms with Gasteiger partial charge in [0.15, 0.2) is 0 Å². The average molecular weight is 220 g/mol. The highest BCUT2D eigenvalue weighted by Gasteiger charge is 2.15. The van der Waals surface area contributed by atoms with Crippen LogP contribution in [-0.4, -0.2) is 16.7 Å². The molecule has 0 spiro atoms. The van der Waals surface area contributed by atoms with Gasteiger partial charge in [-0.05, 0) is 6.07 Å².